The van der Waals surface area contributed by atoms with E-state index in [0.29, 0.717) is 11.1 Å². The van der Waals surface area contributed by atoms with E-state index in [1.165, 1.54) is 19.3 Å². The lowest BCUT2D eigenvalue weighted by molar-refractivity contribution is 0.122. The second kappa shape index (κ2) is 7.27. The zero-order valence-corrected chi connectivity index (χ0v) is 13.4. The van der Waals surface area contributed by atoms with E-state index in [2.05, 4.69) is 9.88 Å². The Bertz CT molecular complexity index is 611. The van der Waals surface area contributed by atoms with Crippen LogP contribution in [0.15, 0.2) is 34.9 Å². The zero-order valence-electron chi connectivity index (χ0n) is 12.7. The fraction of sp³-hybridized carbons (Fsp3) is 0.471. The predicted molar refractivity (Wildman–Crippen MR) is 88.7 cm³/mol. The van der Waals surface area contributed by atoms with Crippen LogP contribution in [-0.2, 0) is 6.54 Å². The number of halogens is 1. The summed E-state index contributed by atoms with van der Waals surface area (Å²) in [5.74, 6) is 1.53. The molecule has 1 fully saturated rings. The molecule has 2 aromatic rings. The number of likely N-dealkylation sites (tertiary alicyclic amines) is 1. The molecule has 1 aliphatic rings. The first-order valence-electron chi connectivity index (χ1n) is 7.91. The van der Waals surface area contributed by atoms with Crippen LogP contribution in [0.4, 0.5) is 0 Å². The van der Waals surface area contributed by atoms with Crippen molar-refractivity contribution < 1.29 is 4.42 Å². The van der Waals surface area contributed by atoms with Gasteiger partial charge in [0.15, 0.2) is 5.76 Å². The monoisotopic (exact) mass is 319 g/mol. The van der Waals surface area contributed by atoms with E-state index in [-0.39, 0.29) is 0 Å². The quantitative estimate of drug-likeness (QED) is 0.913. The molecule has 1 aromatic heterocycles. The molecule has 4 nitrogen and oxygen atoms in total. The van der Waals surface area contributed by atoms with Crippen LogP contribution in [0.2, 0.25) is 5.02 Å². The molecule has 1 unspecified atom stereocenters. The summed E-state index contributed by atoms with van der Waals surface area (Å²) in [5, 5.41) is 0.703. The maximum absolute atomic E-state index is 6.03. The largest absolute Gasteiger partial charge is 0.439 e. The summed E-state index contributed by atoms with van der Waals surface area (Å²) in [7, 11) is 0. The maximum Gasteiger partial charge on any atom is 0.209 e. The molecule has 1 aliphatic heterocycles. The van der Waals surface area contributed by atoms with Crippen LogP contribution < -0.4 is 5.73 Å². The van der Waals surface area contributed by atoms with Crippen LogP contribution in [0.25, 0.3) is 11.3 Å². The van der Waals surface area contributed by atoms with Gasteiger partial charge in [-0.3, -0.25) is 4.90 Å². The Labute approximate surface area is 136 Å². The van der Waals surface area contributed by atoms with Gasteiger partial charge in [-0.05, 0) is 44.5 Å². The third-order valence-corrected chi connectivity index (χ3v) is 4.49. The molecule has 1 aromatic carbocycles. The molecular weight excluding hydrogens is 298 g/mol. The molecule has 0 spiro atoms. The summed E-state index contributed by atoms with van der Waals surface area (Å²) in [6.45, 7) is 2.59. The van der Waals surface area contributed by atoms with Gasteiger partial charge in [0.25, 0.3) is 0 Å². The first-order chi connectivity index (χ1) is 10.8. The first-order valence-corrected chi connectivity index (χ1v) is 8.29. The highest BCUT2D eigenvalue weighted by atomic mass is 35.5. The van der Waals surface area contributed by atoms with Crippen LogP contribution in [0.5, 0.6) is 0 Å². The number of oxazole rings is 1. The third-order valence-electron chi connectivity index (χ3n) is 4.25. The van der Waals surface area contributed by atoms with Crippen LogP contribution in [0.3, 0.4) is 0 Å². The van der Waals surface area contributed by atoms with Crippen LogP contribution in [-0.4, -0.2) is 29.0 Å². The Hall–Kier alpha value is -1.36. The van der Waals surface area contributed by atoms with Gasteiger partial charge in [-0.15, -0.1) is 0 Å². The van der Waals surface area contributed by atoms with Crippen molar-refractivity contribution in [3.63, 3.8) is 0 Å². The molecule has 2 N–H and O–H groups in total. The van der Waals surface area contributed by atoms with Crippen molar-refractivity contribution in [1.82, 2.24) is 9.88 Å². The van der Waals surface area contributed by atoms with Gasteiger partial charge in [0.2, 0.25) is 5.89 Å². The summed E-state index contributed by atoms with van der Waals surface area (Å²) in [5.41, 5.74) is 6.69. The third kappa shape index (κ3) is 3.69. The van der Waals surface area contributed by atoms with E-state index in [0.717, 1.165) is 43.3 Å². The topological polar surface area (TPSA) is 55.3 Å². The Kier molecular flexibility index (Phi) is 5.13. The molecule has 0 amide bonds. The van der Waals surface area contributed by atoms with Gasteiger partial charge in [-0.1, -0.05) is 30.2 Å². The van der Waals surface area contributed by atoms with Crippen molar-refractivity contribution in [1.29, 1.82) is 0 Å². The summed E-state index contributed by atoms with van der Waals surface area (Å²) < 4.78 is 5.91. The molecule has 0 saturated carbocycles. The lowest BCUT2D eigenvalue weighted by Crippen LogP contribution is -2.40. The van der Waals surface area contributed by atoms with Gasteiger partial charge >= 0.3 is 0 Å². The van der Waals surface area contributed by atoms with Crippen molar-refractivity contribution in [2.75, 3.05) is 13.1 Å². The number of nitrogens with two attached hydrogens (primary N) is 1. The number of hydrogen-bond donors (Lipinski definition) is 1. The molecule has 1 atom stereocenters. The van der Waals surface area contributed by atoms with Crippen molar-refractivity contribution in [2.24, 2.45) is 5.73 Å². The normalized spacial score (nSPS) is 19.5. The maximum atomic E-state index is 6.03. The van der Waals surface area contributed by atoms with Crippen molar-refractivity contribution in [2.45, 2.75) is 38.3 Å². The minimum atomic E-state index is 0.556. The molecular formula is C17H22ClN3O. The molecule has 5 heteroatoms. The lowest BCUT2D eigenvalue weighted by atomic mass is 9.99. The molecule has 118 valence electrons. The second-order valence-corrected chi connectivity index (χ2v) is 6.26. The fourth-order valence-electron chi connectivity index (χ4n) is 3.12. The van der Waals surface area contributed by atoms with Crippen LogP contribution in [0.1, 0.15) is 31.6 Å². The van der Waals surface area contributed by atoms with E-state index < -0.39 is 0 Å². The van der Waals surface area contributed by atoms with E-state index in [9.17, 15) is 0 Å². The van der Waals surface area contributed by atoms with Crippen molar-refractivity contribution >= 4 is 11.6 Å². The Balaban J connectivity index is 1.71. The number of benzene rings is 1. The number of hydrogen-bond acceptors (Lipinski definition) is 4. The van der Waals surface area contributed by atoms with Gasteiger partial charge < -0.3 is 10.2 Å². The average Bonchev–Trinajstić information content (AvgIpc) is 2.98. The average molecular weight is 320 g/mol. The Morgan fingerprint density at radius 1 is 1.36 bits per heavy atom. The Morgan fingerprint density at radius 3 is 3.09 bits per heavy atom. The molecule has 0 bridgehead atoms. The van der Waals surface area contributed by atoms with Gasteiger partial charge in [0.05, 0.1) is 12.7 Å². The van der Waals surface area contributed by atoms with Gasteiger partial charge in [-0.25, -0.2) is 4.98 Å². The predicted octanol–water partition coefficient (Wildman–Crippen LogP) is 3.70. The molecule has 2 heterocycles. The summed E-state index contributed by atoms with van der Waals surface area (Å²) in [4.78, 5) is 6.88. The van der Waals surface area contributed by atoms with Crippen molar-refractivity contribution in [3.05, 3.63) is 41.4 Å². The van der Waals surface area contributed by atoms with E-state index in [1.807, 2.05) is 24.3 Å². The van der Waals surface area contributed by atoms with Crippen LogP contribution in [0, 0.1) is 0 Å². The van der Waals surface area contributed by atoms with Crippen molar-refractivity contribution in [3.8, 4) is 11.3 Å². The van der Waals surface area contributed by atoms with E-state index in [4.69, 9.17) is 21.8 Å². The minimum Gasteiger partial charge on any atom is -0.439 e. The highest BCUT2D eigenvalue weighted by molar-refractivity contribution is 6.30. The summed E-state index contributed by atoms with van der Waals surface area (Å²) in [6.07, 6.45) is 6.58. The molecule has 0 radical (unpaired) electrons. The molecule has 0 aliphatic carbocycles. The minimum absolute atomic E-state index is 0.556. The van der Waals surface area contributed by atoms with Crippen LogP contribution >= 0.6 is 11.6 Å². The number of rotatable bonds is 5. The molecule has 22 heavy (non-hydrogen) atoms. The smallest absolute Gasteiger partial charge is 0.209 e. The number of piperidine rings is 1. The van der Waals surface area contributed by atoms with E-state index >= 15 is 0 Å². The summed E-state index contributed by atoms with van der Waals surface area (Å²) >= 11 is 6.03. The highest BCUT2D eigenvalue weighted by Gasteiger charge is 2.23. The number of aromatic nitrogens is 1. The molecule has 1 saturated heterocycles. The first kappa shape index (κ1) is 15.5. The Morgan fingerprint density at radius 2 is 2.27 bits per heavy atom. The lowest BCUT2D eigenvalue weighted by Gasteiger charge is -2.34. The zero-order chi connectivity index (χ0) is 15.4. The number of nitrogens with zero attached hydrogens (tertiary/aromatic N) is 2. The van der Waals surface area contributed by atoms with Gasteiger partial charge in [0.1, 0.15) is 0 Å². The van der Waals surface area contributed by atoms with E-state index in [1.54, 1.807) is 6.20 Å². The van der Waals surface area contributed by atoms with Gasteiger partial charge in [0, 0.05) is 16.6 Å². The SMILES string of the molecule is NCCC1CCCCN1Cc1ncc(-c2cccc(Cl)c2)o1. The summed E-state index contributed by atoms with van der Waals surface area (Å²) in [6, 6.07) is 8.20. The van der Waals surface area contributed by atoms with Gasteiger partial charge in [-0.2, -0.15) is 0 Å². The highest BCUT2D eigenvalue weighted by Crippen LogP contribution is 2.26. The standard InChI is InChI=1S/C17H22ClN3O/c18-14-5-3-4-13(10-14)16-11-20-17(22-16)12-21-9-2-1-6-15(21)7-8-19/h3-5,10-11,15H,1-2,6-9,12,19H2. The second-order valence-electron chi connectivity index (χ2n) is 5.83. The fourth-order valence-corrected chi connectivity index (χ4v) is 3.31. The molecule has 3 rings (SSSR count).